The Morgan fingerprint density at radius 1 is 0.875 bits per heavy atom. The molecule has 1 heterocycles. The molecule has 1 aliphatic heterocycles. The molecule has 0 aromatic heterocycles. The van der Waals surface area contributed by atoms with Gasteiger partial charge in [-0.3, -0.25) is 24.5 Å². The summed E-state index contributed by atoms with van der Waals surface area (Å²) >= 11 is 0. The van der Waals surface area contributed by atoms with Crippen molar-refractivity contribution in [2.75, 3.05) is 10.2 Å². The molecule has 1 aliphatic rings. The van der Waals surface area contributed by atoms with Crippen molar-refractivity contribution in [2.24, 2.45) is 0 Å². The maximum atomic E-state index is 12.7. The van der Waals surface area contributed by atoms with Crippen LogP contribution >= 0.6 is 0 Å². The van der Waals surface area contributed by atoms with Crippen LogP contribution in [0.4, 0.5) is 17.1 Å². The zero-order chi connectivity index (χ0) is 23.0. The number of amides is 3. The number of rotatable bonds is 5. The number of aromatic carboxylic acids is 1. The van der Waals surface area contributed by atoms with E-state index in [1.54, 1.807) is 0 Å². The molecule has 3 aromatic rings. The fourth-order valence-electron chi connectivity index (χ4n) is 3.27. The van der Waals surface area contributed by atoms with Crippen molar-refractivity contribution in [3.63, 3.8) is 0 Å². The summed E-state index contributed by atoms with van der Waals surface area (Å²) in [7, 11) is 0. The summed E-state index contributed by atoms with van der Waals surface area (Å²) in [6.45, 7) is 0. The van der Waals surface area contributed by atoms with Crippen LogP contribution < -0.4 is 10.2 Å². The number of imide groups is 1. The largest absolute Gasteiger partial charge is 0.478 e. The van der Waals surface area contributed by atoms with Crippen molar-refractivity contribution in [3.05, 3.63) is 99.1 Å². The number of hydrogen-bond donors (Lipinski definition) is 2. The lowest BCUT2D eigenvalue weighted by Gasteiger charge is -2.14. The van der Waals surface area contributed by atoms with Crippen LogP contribution in [-0.4, -0.2) is 33.7 Å². The molecule has 3 amide bonds. The van der Waals surface area contributed by atoms with E-state index in [4.69, 9.17) is 5.11 Å². The Morgan fingerprint density at radius 3 is 2.22 bits per heavy atom. The lowest BCUT2D eigenvalue weighted by Crippen LogP contribution is -2.29. The SMILES string of the molecule is O=C(O)c1cccc(NC(=O)c2ccc(N3C(=O)c4ccc([N+](=O)[O-])cc4C3=O)cc2)c1. The fourth-order valence-corrected chi connectivity index (χ4v) is 3.27. The van der Waals surface area contributed by atoms with Crippen LogP contribution in [-0.2, 0) is 0 Å². The van der Waals surface area contributed by atoms with Crippen molar-refractivity contribution in [3.8, 4) is 0 Å². The molecule has 0 fully saturated rings. The molecule has 0 spiro atoms. The topological polar surface area (TPSA) is 147 Å². The van der Waals surface area contributed by atoms with E-state index in [-0.39, 0.29) is 33.6 Å². The summed E-state index contributed by atoms with van der Waals surface area (Å²) < 4.78 is 0. The highest BCUT2D eigenvalue weighted by Crippen LogP contribution is 2.31. The number of nitrogens with zero attached hydrogens (tertiary/aromatic N) is 2. The summed E-state index contributed by atoms with van der Waals surface area (Å²) in [5.41, 5.74) is 0.408. The van der Waals surface area contributed by atoms with Crippen LogP contribution in [0.3, 0.4) is 0 Å². The first-order valence-corrected chi connectivity index (χ1v) is 9.18. The third-order valence-electron chi connectivity index (χ3n) is 4.84. The summed E-state index contributed by atoms with van der Waals surface area (Å²) in [5, 5.41) is 22.6. The van der Waals surface area contributed by atoms with E-state index in [1.165, 1.54) is 54.6 Å². The monoisotopic (exact) mass is 431 g/mol. The molecule has 3 aromatic carbocycles. The third-order valence-corrected chi connectivity index (χ3v) is 4.84. The molecule has 10 heteroatoms. The van der Waals surface area contributed by atoms with Crippen molar-refractivity contribution in [2.45, 2.75) is 0 Å². The van der Waals surface area contributed by atoms with E-state index in [0.29, 0.717) is 5.69 Å². The molecule has 0 unspecified atom stereocenters. The van der Waals surface area contributed by atoms with Crippen molar-refractivity contribution < 1.29 is 29.2 Å². The number of anilines is 2. The molecule has 0 aliphatic carbocycles. The van der Waals surface area contributed by atoms with E-state index >= 15 is 0 Å². The first-order valence-electron chi connectivity index (χ1n) is 9.18. The van der Waals surface area contributed by atoms with E-state index in [9.17, 15) is 29.3 Å². The van der Waals surface area contributed by atoms with E-state index in [0.717, 1.165) is 17.0 Å². The number of nitro groups is 1. The second kappa shape index (κ2) is 7.76. The van der Waals surface area contributed by atoms with E-state index in [2.05, 4.69) is 5.32 Å². The van der Waals surface area contributed by atoms with Crippen molar-refractivity contribution in [1.82, 2.24) is 0 Å². The van der Waals surface area contributed by atoms with Gasteiger partial charge in [0.2, 0.25) is 0 Å². The van der Waals surface area contributed by atoms with Crippen molar-refractivity contribution >= 4 is 40.8 Å². The molecule has 0 radical (unpaired) electrons. The maximum absolute atomic E-state index is 12.7. The number of nitro benzene ring substituents is 1. The number of fused-ring (bicyclic) bond motifs is 1. The highest BCUT2D eigenvalue weighted by Gasteiger charge is 2.37. The first-order chi connectivity index (χ1) is 15.3. The van der Waals surface area contributed by atoms with Gasteiger partial charge >= 0.3 is 5.97 Å². The number of carbonyl (C=O) groups excluding carboxylic acids is 3. The first kappa shape index (κ1) is 20.4. The van der Waals surface area contributed by atoms with Gasteiger partial charge in [0.25, 0.3) is 23.4 Å². The Labute approximate surface area is 179 Å². The zero-order valence-electron chi connectivity index (χ0n) is 16.1. The Bertz CT molecular complexity index is 1320. The van der Waals surface area contributed by atoms with Gasteiger partial charge in [-0.05, 0) is 48.5 Å². The minimum atomic E-state index is -1.13. The fraction of sp³-hybridized carbons (Fsp3) is 0. The predicted molar refractivity (Wildman–Crippen MR) is 112 cm³/mol. The third kappa shape index (κ3) is 3.56. The van der Waals surface area contributed by atoms with Crippen LogP contribution in [0.25, 0.3) is 0 Å². The minimum Gasteiger partial charge on any atom is -0.478 e. The number of carboxylic acids is 1. The van der Waals surface area contributed by atoms with E-state index < -0.39 is 28.6 Å². The average Bonchev–Trinajstić information content (AvgIpc) is 3.03. The molecule has 158 valence electrons. The lowest BCUT2D eigenvalue weighted by molar-refractivity contribution is -0.384. The van der Waals surface area contributed by atoms with Crippen molar-refractivity contribution in [1.29, 1.82) is 0 Å². The molecule has 4 rings (SSSR count). The molecule has 32 heavy (non-hydrogen) atoms. The van der Waals surface area contributed by atoms with Gasteiger partial charge in [0.05, 0.1) is 27.3 Å². The average molecular weight is 431 g/mol. The molecule has 0 atom stereocenters. The maximum Gasteiger partial charge on any atom is 0.335 e. The van der Waals surface area contributed by atoms with Gasteiger partial charge in [0.1, 0.15) is 0 Å². The zero-order valence-corrected chi connectivity index (χ0v) is 16.1. The quantitative estimate of drug-likeness (QED) is 0.358. The molecular formula is C22H13N3O7. The van der Waals surface area contributed by atoms with Crippen LogP contribution in [0.1, 0.15) is 41.4 Å². The Kier molecular flexibility index (Phi) is 4.95. The van der Waals surface area contributed by atoms with Crippen LogP contribution in [0.2, 0.25) is 0 Å². The number of carboxylic acid groups (broad SMARTS) is 1. The van der Waals surface area contributed by atoms with Gasteiger partial charge in [0.15, 0.2) is 0 Å². The second-order valence-corrected chi connectivity index (χ2v) is 6.82. The molecular weight excluding hydrogens is 418 g/mol. The number of non-ortho nitro benzene ring substituents is 1. The smallest absolute Gasteiger partial charge is 0.335 e. The highest BCUT2D eigenvalue weighted by molar-refractivity contribution is 6.34. The van der Waals surface area contributed by atoms with Gasteiger partial charge in [-0.15, -0.1) is 0 Å². The highest BCUT2D eigenvalue weighted by atomic mass is 16.6. The summed E-state index contributed by atoms with van der Waals surface area (Å²) in [5.74, 6) is -2.97. The van der Waals surface area contributed by atoms with Crippen LogP contribution in [0.5, 0.6) is 0 Å². The molecule has 0 bridgehead atoms. The predicted octanol–water partition coefficient (Wildman–Crippen LogP) is 3.35. The van der Waals surface area contributed by atoms with Gasteiger partial charge in [-0.1, -0.05) is 6.07 Å². The van der Waals surface area contributed by atoms with Gasteiger partial charge in [-0.25, -0.2) is 9.69 Å². The number of carbonyl (C=O) groups is 4. The van der Waals surface area contributed by atoms with Crippen LogP contribution in [0, 0.1) is 10.1 Å². The van der Waals surface area contributed by atoms with E-state index in [1.807, 2.05) is 0 Å². The molecule has 0 saturated heterocycles. The molecule has 0 saturated carbocycles. The normalized spacial score (nSPS) is 12.4. The Balaban J connectivity index is 1.55. The number of benzene rings is 3. The van der Waals surface area contributed by atoms with Gasteiger partial charge in [0, 0.05) is 23.4 Å². The minimum absolute atomic E-state index is 0.0176. The summed E-state index contributed by atoms with van der Waals surface area (Å²) in [4.78, 5) is 60.0. The number of hydrogen-bond acceptors (Lipinski definition) is 6. The Morgan fingerprint density at radius 2 is 1.56 bits per heavy atom. The molecule has 10 nitrogen and oxygen atoms in total. The summed E-state index contributed by atoms with van der Waals surface area (Å²) in [6.07, 6.45) is 0. The summed E-state index contributed by atoms with van der Waals surface area (Å²) in [6, 6.07) is 14.8. The Hall–Kier alpha value is -4.86. The second-order valence-electron chi connectivity index (χ2n) is 6.82. The van der Waals surface area contributed by atoms with Gasteiger partial charge in [-0.2, -0.15) is 0 Å². The molecule has 2 N–H and O–H groups in total. The van der Waals surface area contributed by atoms with Crippen LogP contribution in [0.15, 0.2) is 66.7 Å². The lowest BCUT2D eigenvalue weighted by atomic mass is 10.1. The van der Waals surface area contributed by atoms with Gasteiger partial charge < -0.3 is 10.4 Å². The standard InChI is InChI=1S/C22H13N3O7/c26-19(23-14-3-1-2-13(10-14)22(29)30)12-4-6-15(7-5-12)24-20(27)17-9-8-16(25(31)32)11-18(17)21(24)28/h1-11H,(H,23,26)(H,29,30). The number of nitrogens with one attached hydrogen (secondary N) is 1.